The molecular weight excluding hydrogens is 320 g/mol. The van der Waals surface area contributed by atoms with E-state index in [4.69, 9.17) is 4.74 Å². The van der Waals surface area contributed by atoms with E-state index in [2.05, 4.69) is 17.4 Å². The highest BCUT2D eigenvalue weighted by Crippen LogP contribution is 2.28. The number of rotatable bonds is 7. The summed E-state index contributed by atoms with van der Waals surface area (Å²) in [5, 5.41) is 2.97. The van der Waals surface area contributed by atoms with Gasteiger partial charge in [-0.15, -0.1) is 11.8 Å². The van der Waals surface area contributed by atoms with Gasteiger partial charge in [-0.05, 0) is 25.1 Å². The van der Waals surface area contributed by atoms with Crippen molar-refractivity contribution < 1.29 is 9.53 Å². The molecule has 24 heavy (non-hydrogen) atoms. The van der Waals surface area contributed by atoms with Crippen LogP contribution in [-0.4, -0.2) is 37.4 Å². The van der Waals surface area contributed by atoms with Gasteiger partial charge in [0.05, 0.1) is 13.2 Å². The van der Waals surface area contributed by atoms with Gasteiger partial charge >= 0.3 is 6.03 Å². The van der Waals surface area contributed by atoms with Crippen molar-refractivity contribution in [1.82, 2.24) is 10.2 Å². The quantitative estimate of drug-likeness (QED) is 0.605. The number of urea groups is 1. The lowest BCUT2D eigenvalue weighted by Gasteiger charge is -2.26. The summed E-state index contributed by atoms with van der Waals surface area (Å²) < 4.78 is 5.38. The molecule has 0 aromatic heterocycles. The topological polar surface area (TPSA) is 41.6 Å². The summed E-state index contributed by atoms with van der Waals surface area (Å²) >= 11 is 1.73. The fourth-order valence-electron chi connectivity index (χ4n) is 2.36. The second-order valence-electron chi connectivity index (χ2n) is 5.42. The summed E-state index contributed by atoms with van der Waals surface area (Å²) in [6.07, 6.45) is 0. The van der Waals surface area contributed by atoms with Gasteiger partial charge in [-0.2, -0.15) is 0 Å². The number of hydrogen-bond donors (Lipinski definition) is 1. The number of methoxy groups -OCH3 is 1. The standard InChI is InChI=1S/C19H24N2O2S/c1-15(17-11-7-8-12-18(17)23-3)21(2)19(22)20-13-14-24-16-9-5-4-6-10-16/h4-12,15H,13-14H2,1-3H3,(H,20,22)/t15-/m0/s1. The minimum absolute atomic E-state index is 0.0667. The zero-order chi connectivity index (χ0) is 17.4. The van der Waals surface area contributed by atoms with E-state index in [-0.39, 0.29) is 12.1 Å². The lowest BCUT2D eigenvalue weighted by molar-refractivity contribution is 0.194. The number of para-hydroxylation sites is 1. The van der Waals surface area contributed by atoms with Crippen molar-refractivity contribution in [3.63, 3.8) is 0 Å². The average Bonchev–Trinajstić information content (AvgIpc) is 2.64. The average molecular weight is 344 g/mol. The Morgan fingerprint density at radius 3 is 2.54 bits per heavy atom. The van der Waals surface area contributed by atoms with Crippen molar-refractivity contribution in [2.45, 2.75) is 17.9 Å². The van der Waals surface area contributed by atoms with Crippen LogP contribution in [0.15, 0.2) is 59.5 Å². The van der Waals surface area contributed by atoms with Crippen LogP contribution in [-0.2, 0) is 0 Å². The Balaban J connectivity index is 1.83. The lowest BCUT2D eigenvalue weighted by Crippen LogP contribution is -2.39. The van der Waals surface area contributed by atoms with Crippen molar-refractivity contribution in [2.75, 3.05) is 26.5 Å². The molecule has 0 aliphatic rings. The number of amides is 2. The van der Waals surface area contributed by atoms with Crippen LogP contribution < -0.4 is 10.1 Å². The summed E-state index contributed by atoms with van der Waals surface area (Å²) in [6, 6.07) is 17.8. The molecule has 1 atom stereocenters. The molecule has 4 nitrogen and oxygen atoms in total. The van der Waals surface area contributed by atoms with Crippen LogP contribution in [0.4, 0.5) is 4.79 Å². The Bertz CT molecular complexity index is 649. The minimum atomic E-state index is -0.0814. The van der Waals surface area contributed by atoms with Crippen molar-refractivity contribution in [3.8, 4) is 5.75 Å². The molecule has 0 aliphatic heterocycles. The molecule has 2 aromatic rings. The summed E-state index contributed by atoms with van der Waals surface area (Å²) in [7, 11) is 3.45. The van der Waals surface area contributed by atoms with E-state index in [1.807, 2.05) is 49.4 Å². The van der Waals surface area contributed by atoms with E-state index in [1.54, 1.807) is 30.8 Å². The van der Waals surface area contributed by atoms with E-state index >= 15 is 0 Å². The highest BCUT2D eigenvalue weighted by Gasteiger charge is 2.19. The van der Waals surface area contributed by atoms with Crippen molar-refractivity contribution in [2.24, 2.45) is 0 Å². The second-order valence-corrected chi connectivity index (χ2v) is 6.59. The van der Waals surface area contributed by atoms with Gasteiger partial charge in [-0.1, -0.05) is 36.4 Å². The molecule has 0 saturated heterocycles. The predicted octanol–water partition coefficient (Wildman–Crippen LogP) is 4.19. The van der Waals surface area contributed by atoms with Gasteiger partial charge in [0, 0.05) is 29.8 Å². The highest BCUT2D eigenvalue weighted by atomic mass is 32.2. The number of carbonyl (C=O) groups excluding carboxylic acids is 1. The monoisotopic (exact) mass is 344 g/mol. The Hall–Kier alpha value is -2.14. The van der Waals surface area contributed by atoms with Crippen LogP contribution in [0.5, 0.6) is 5.75 Å². The Morgan fingerprint density at radius 1 is 1.17 bits per heavy atom. The van der Waals surface area contributed by atoms with Crippen molar-refractivity contribution in [1.29, 1.82) is 0 Å². The third-order valence-electron chi connectivity index (χ3n) is 3.88. The number of hydrogen-bond acceptors (Lipinski definition) is 3. The third kappa shape index (κ3) is 4.93. The molecule has 2 aromatic carbocycles. The number of benzene rings is 2. The van der Waals surface area contributed by atoms with Gasteiger partial charge in [0.1, 0.15) is 5.75 Å². The Labute approximate surface area is 148 Å². The van der Waals surface area contributed by atoms with E-state index < -0.39 is 0 Å². The molecule has 0 fully saturated rings. The van der Waals surface area contributed by atoms with Gasteiger partial charge in [-0.25, -0.2) is 4.79 Å². The van der Waals surface area contributed by atoms with Crippen molar-refractivity contribution in [3.05, 3.63) is 60.2 Å². The van der Waals surface area contributed by atoms with Gasteiger partial charge in [0.2, 0.25) is 0 Å². The van der Waals surface area contributed by atoms with Crippen LogP contribution >= 0.6 is 11.8 Å². The molecule has 2 amide bonds. The predicted molar refractivity (Wildman–Crippen MR) is 99.7 cm³/mol. The molecule has 0 heterocycles. The molecule has 0 bridgehead atoms. The number of thioether (sulfide) groups is 1. The van der Waals surface area contributed by atoms with E-state index in [9.17, 15) is 4.79 Å². The molecule has 128 valence electrons. The van der Waals surface area contributed by atoms with Crippen molar-refractivity contribution >= 4 is 17.8 Å². The number of nitrogens with zero attached hydrogens (tertiary/aromatic N) is 1. The molecule has 0 aliphatic carbocycles. The van der Waals surface area contributed by atoms with Gasteiger partial charge in [-0.3, -0.25) is 0 Å². The van der Waals surface area contributed by atoms with Gasteiger partial charge < -0.3 is 15.0 Å². The maximum absolute atomic E-state index is 12.3. The zero-order valence-electron chi connectivity index (χ0n) is 14.4. The summed E-state index contributed by atoms with van der Waals surface area (Å²) in [5.41, 5.74) is 0.997. The molecule has 0 radical (unpaired) electrons. The molecule has 0 unspecified atom stereocenters. The smallest absolute Gasteiger partial charge is 0.317 e. The normalized spacial score (nSPS) is 11.6. The maximum Gasteiger partial charge on any atom is 0.317 e. The molecule has 2 rings (SSSR count). The van der Waals surface area contributed by atoms with Crippen LogP contribution in [0.2, 0.25) is 0 Å². The first-order chi connectivity index (χ1) is 11.6. The summed E-state index contributed by atoms with van der Waals surface area (Å²) in [6.45, 7) is 2.62. The summed E-state index contributed by atoms with van der Waals surface area (Å²) in [4.78, 5) is 15.2. The van der Waals surface area contributed by atoms with E-state index in [0.29, 0.717) is 6.54 Å². The largest absolute Gasteiger partial charge is 0.496 e. The minimum Gasteiger partial charge on any atom is -0.496 e. The summed E-state index contributed by atoms with van der Waals surface area (Å²) in [5.74, 6) is 1.64. The van der Waals surface area contributed by atoms with Crippen LogP contribution in [0.1, 0.15) is 18.5 Å². The fourth-order valence-corrected chi connectivity index (χ4v) is 3.15. The van der Waals surface area contributed by atoms with Gasteiger partial charge in [0.25, 0.3) is 0 Å². The maximum atomic E-state index is 12.3. The molecule has 1 N–H and O–H groups in total. The van der Waals surface area contributed by atoms with Crippen LogP contribution in [0.25, 0.3) is 0 Å². The number of nitrogens with one attached hydrogen (secondary N) is 1. The second kappa shape index (κ2) is 9.23. The Kier molecular flexibility index (Phi) is 7.00. The SMILES string of the molecule is COc1ccccc1[C@H](C)N(C)C(=O)NCCSc1ccccc1. The first-order valence-electron chi connectivity index (χ1n) is 7.95. The molecule has 5 heteroatoms. The zero-order valence-corrected chi connectivity index (χ0v) is 15.2. The lowest BCUT2D eigenvalue weighted by atomic mass is 10.1. The van der Waals surface area contributed by atoms with E-state index in [0.717, 1.165) is 17.1 Å². The third-order valence-corrected chi connectivity index (χ3v) is 4.89. The first-order valence-corrected chi connectivity index (χ1v) is 8.93. The van der Waals surface area contributed by atoms with Crippen LogP contribution in [0.3, 0.4) is 0 Å². The fraction of sp³-hybridized carbons (Fsp3) is 0.316. The molecular formula is C19H24N2O2S. The molecule has 0 spiro atoms. The van der Waals surface area contributed by atoms with Crippen LogP contribution in [0, 0.1) is 0 Å². The first kappa shape index (κ1) is 18.2. The highest BCUT2D eigenvalue weighted by molar-refractivity contribution is 7.99. The number of ether oxygens (including phenoxy) is 1. The van der Waals surface area contributed by atoms with E-state index in [1.165, 1.54) is 4.90 Å². The van der Waals surface area contributed by atoms with Gasteiger partial charge in [0.15, 0.2) is 0 Å². The molecule has 0 saturated carbocycles. The number of carbonyl (C=O) groups is 1. The Morgan fingerprint density at radius 2 is 1.83 bits per heavy atom.